The van der Waals surface area contributed by atoms with Crippen molar-refractivity contribution in [1.82, 2.24) is 19.6 Å². The first-order valence-corrected chi connectivity index (χ1v) is 5.58. The lowest BCUT2D eigenvalue weighted by Gasteiger charge is -1.98. The summed E-state index contributed by atoms with van der Waals surface area (Å²) in [6.45, 7) is 4.90. The Balaban J connectivity index is 1.94. The van der Waals surface area contributed by atoms with Gasteiger partial charge in [-0.25, -0.2) is 4.98 Å². The Hall–Kier alpha value is -1.43. The Bertz CT molecular complexity index is 406. The molecule has 0 aromatic carbocycles. The lowest BCUT2D eigenvalue weighted by molar-refractivity contribution is 0.799. The van der Waals surface area contributed by atoms with Crippen molar-refractivity contribution in [3.63, 3.8) is 0 Å². The second-order valence-electron chi connectivity index (χ2n) is 3.57. The fourth-order valence-electron chi connectivity index (χ4n) is 1.09. The van der Waals surface area contributed by atoms with E-state index < -0.39 is 0 Å². The van der Waals surface area contributed by atoms with E-state index >= 15 is 0 Å². The third-order valence-corrected chi connectivity index (χ3v) is 2.64. The maximum atomic E-state index is 4.37. The summed E-state index contributed by atoms with van der Waals surface area (Å²) in [5.41, 5.74) is 1.11. The third-order valence-electron chi connectivity index (χ3n) is 1.96. The summed E-state index contributed by atoms with van der Waals surface area (Å²) in [5.74, 6) is 1.28. The molecule has 0 fully saturated rings. The van der Waals surface area contributed by atoms with Crippen LogP contribution in [0.2, 0.25) is 0 Å². The van der Waals surface area contributed by atoms with Gasteiger partial charge in [-0.15, -0.1) is 0 Å². The number of rotatable bonds is 4. The Morgan fingerprint density at radius 3 is 3.00 bits per heavy atom. The van der Waals surface area contributed by atoms with Crippen molar-refractivity contribution in [2.75, 3.05) is 5.32 Å². The number of hydrogen-bond donors (Lipinski definition) is 2. The van der Waals surface area contributed by atoms with Crippen molar-refractivity contribution >= 4 is 16.7 Å². The van der Waals surface area contributed by atoms with Crippen molar-refractivity contribution in [1.29, 1.82) is 0 Å². The summed E-state index contributed by atoms with van der Waals surface area (Å²) in [6.07, 6.45) is 3.65. The molecule has 0 aliphatic carbocycles. The zero-order valence-corrected chi connectivity index (χ0v) is 9.51. The van der Waals surface area contributed by atoms with Gasteiger partial charge in [-0.2, -0.15) is 9.47 Å². The molecule has 0 amide bonds. The molecular formula is C9H13N5S. The lowest BCUT2D eigenvalue weighted by atomic mass is 10.2. The molecular weight excluding hydrogens is 210 g/mol. The zero-order chi connectivity index (χ0) is 10.7. The topological polar surface area (TPSA) is 66.5 Å². The lowest BCUT2D eigenvalue weighted by Crippen LogP contribution is -1.98. The maximum absolute atomic E-state index is 4.37. The predicted molar refractivity (Wildman–Crippen MR) is 59.9 cm³/mol. The molecule has 2 aromatic heterocycles. The van der Waals surface area contributed by atoms with Gasteiger partial charge < -0.3 is 5.32 Å². The summed E-state index contributed by atoms with van der Waals surface area (Å²) in [6, 6.07) is 0. The second kappa shape index (κ2) is 4.39. The number of H-pyrrole nitrogens is 1. The van der Waals surface area contributed by atoms with E-state index in [-0.39, 0.29) is 0 Å². The monoisotopic (exact) mass is 223 g/mol. The minimum atomic E-state index is 0.380. The van der Waals surface area contributed by atoms with Crippen LogP contribution in [0, 0.1) is 0 Å². The van der Waals surface area contributed by atoms with E-state index in [1.54, 1.807) is 6.20 Å². The Morgan fingerprint density at radius 1 is 1.53 bits per heavy atom. The number of anilines is 1. The molecule has 2 rings (SSSR count). The molecule has 0 atom stereocenters. The largest absolute Gasteiger partial charge is 0.356 e. The van der Waals surface area contributed by atoms with Crippen LogP contribution in [0.25, 0.3) is 0 Å². The van der Waals surface area contributed by atoms with Gasteiger partial charge in [0.25, 0.3) is 0 Å². The Morgan fingerprint density at radius 2 is 2.40 bits per heavy atom. The fraction of sp³-hybridized carbons (Fsp3) is 0.444. The van der Waals surface area contributed by atoms with Gasteiger partial charge in [0.2, 0.25) is 5.13 Å². The van der Waals surface area contributed by atoms with Crippen LogP contribution >= 0.6 is 11.5 Å². The number of aromatic nitrogens is 4. The second-order valence-corrected chi connectivity index (χ2v) is 4.32. The van der Waals surface area contributed by atoms with Crippen molar-refractivity contribution in [3.05, 3.63) is 23.8 Å². The van der Waals surface area contributed by atoms with Crippen molar-refractivity contribution < 1.29 is 0 Å². The van der Waals surface area contributed by atoms with Gasteiger partial charge in [0.1, 0.15) is 5.82 Å². The van der Waals surface area contributed by atoms with Gasteiger partial charge in [-0.05, 0) is 0 Å². The minimum Gasteiger partial charge on any atom is -0.356 e. The molecule has 80 valence electrons. The highest BCUT2D eigenvalue weighted by Crippen LogP contribution is 2.17. The molecule has 0 aliphatic heterocycles. The van der Waals surface area contributed by atoms with E-state index in [9.17, 15) is 0 Å². The highest BCUT2D eigenvalue weighted by atomic mass is 32.1. The first-order chi connectivity index (χ1) is 7.25. The van der Waals surface area contributed by atoms with E-state index in [0.717, 1.165) is 23.1 Å². The smallest absolute Gasteiger partial charge is 0.202 e. The standard InChI is InChI=1S/C9H13N5S/c1-6(2)8-13-9(15-14-8)10-3-7-4-11-12-5-7/h4-6H,3H2,1-2H3,(H,11,12)(H,10,13,14). The molecule has 2 aromatic rings. The Labute approximate surface area is 92.1 Å². The molecule has 2 N–H and O–H groups in total. The maximum Gasteiger partial charge on any atom is 0.202 e. The van der Waals surface area contributed by atoms with Crippen LogP contribution in [0.5, 0.6) is 0 Å². The number of nitrogens with one attached hydrogen (secondary N) is 2. The zero-order valence-electron chi connectivity index (χ0n) is 8.69. The van der Waals surface area contributed by atoms with Crippen molar-refractivity contribution in [3.8, 4) is 0 Å². The molecule has 15 heavy (non-hydrogen) atoms. The summed E-state index contributed by atoms with van der Waals surface area (Å²) in [5, 5.41) is 10.7. The molecule has 0 saturated carbocycles. The van der Waals surface area contributed by atoms with Crippen LogP contribution in [0.15, 0.2) is 12.4 Å². The van der Waals surface area contributed by atoms with Gasteiger partial charge >= 0.3 is 0 Å². The van der Waals surface area contributed by atoms with Gasteiger partial charge in [0, 0.05) is 35.8 Å². The SMILES string of the molecule is CC(C)c1nsc(NCc2cn[nH]c2)n1. The average molecular weight is 223 g/mol. The van der Waals surface area contributed by atoms with Gasteiger partial charge in [0.15, 0.2) is 0 Å². The van der Waals surface area contributed by atoms with E-state index in [1.807, 2.05) is 6.20 Å². The van der Waals surface area contributed by atoms with Crippen LogP contribution < -0.4 is 5.32 Å². The first kappa shape index (κ1) is 10.1. The van der Waals surface area contributed by atoms with Gasteiger partial charge in [0.05, 0.1) is 6.20 Å². The average Bonchev–Trinajstić information content (AvgIpc) is 2.86. The molecule has 0 saturated heterocycles. The highest BCUT2D eigenvalue weighted by molar-refractivity contribution is 7.09. The van der Waals surface area contributed by atoms with Gasteiger partial charge in [-0.3, -0.25) is 5.10 Å². The van der Waals surface area contributed by atoms with E-state index in [0.29, 0.717) is 5.92 Å². The van der Waals surface area contributed by atoms with E-state index in [2.05, 4.69) is 38.7 Å². The normalized spacial score (nSPS) is 10.9. The summed E-state index contributed by atoms with van der Waals surface area (Å²) in [7, 11) is 0. The van der Waals surface area contributed by atoms with E-state index in [4.69, 9.17) is 0 Å². The predicted octanol–water partition coefficient (Wildman–Crippen LogP) is 2.00. The molecule has 0 radical (unpaired) electrons. The number of nitrogens with zero attached hydrogens (tertiary/aromatic N) is 3. The van der Waals surface area contributed by atoms with Crippen LogP contribution in [-0.2, 0) is 6.54 Å². The summed E-state index contributed by atoms with van der Waals surface area (Å²) in [4.78, 5) is 4.37. The van der Waals surface area contributed by atoms with Crippen molar-refractivity contribution in [2.45, 2.75) is 26.3 Å². The molecule has 0 unspecified atom stereocenters. The number of aromatic amines is 1. The summed E-state index contributed by atoms with van der Waals surface area (Å²) >= 11 is 1.40. The van der Waals surface area contributed by atoms with Crippen molar-refractivity contribution in [2.24, 2.45) is 0 Å². The fourth-order valence-corrected chi connectivity index (χ4v) is 1.80. The number of hydrogen-bond acceptors (Lipinski definition) is 5. The molecule has 5 nitrogen and oxygen atoms in total. The first-order valence-electron chi connectivity index (χ1n) is 4.81. The minimum absolute atomic E-state index is 0.380. The molecule has 0 aliphatic rings. The van der Waals surface area contributed by atoms with Crippen LogP contribution in [0.3, 0.4) is 0 Å². The molecule has 6 heteroatoms. The van der Waals surface area contributed by atoms with E-state index in [1.165, 1.54) is 11.5 Å². The summed E-state index contributed by atoms with van der Waals surface area (Å²) < 4.78 is 4.26. The Kier molecular flexibility index (Phi) is 2.96. The molecule has 0 bridgehead atoms. The van der Waals surface area contributed by atoms with Gasteiger partial charge in [-0.1, -0.05) is 13.8 Å². The van der Waals surface area contributed by atoms with Crippen LogP contribution in [0.4, 0.5) is 5.13 Å². The molecule has 2 heterocycles. The third kappa shape index (κ3) is 2.53. The highest BCUT2D eigenvalue weighted by Gasteiger charge is 2.06. The molecule has 0 spiro atoms. The van der Waals surface area contributed by atoms with Crippen LogP contribution in [-0.4, -0.2) is 19.6 Å². The quantitative estimate of drug-likeness (QED) is 0.832. The van der Waals surface area contributed by atoms with Crippen LogP contribution in [0.1, 0.15) is 31.2 Å².